The highest BCUT2D eigenvalue weighted by Gasteiger charge is 2.75. The molecule has 8 nitrogen and oxygen atoms in total. The molecule has 0 aliphatic carbocycles. The van der Waals surface area contributed by atoms with E-state index in [2.05, 4.69) is 6.08 Å². The number of piperidine rings is 3. The second-order valence-corrected chi connectivity index (χ2v) is 9.28. The quantitative estimate of drug-likeness (QED) is 0.431. The largest absolute Gasteiger partial charge is 0.632 e. The lowest BCUT2D eigenvalue weighted by Gasteiger charge is -2.63. The van der Waals surface area contributed by atoms with E-state index in [0.29, 0.717) is 48.8 Å². The van der Waals surface area contributed by atoms with Crippen molar-refractivity contribution in [2.45, 2.75) is 30.3 Å². The van der Waals surface area contributed by atoms with Gasteiger partial charge in [0.2, 0.25) is 18.4 Å². The molecule has 0 radical (unpaired) electrons. The van der Waals surface area contributed by atoms with Gasteiger partial charge in [-0.25, -0.2) is 4.99 Å². The van der Waals surface area contributed by atoms with Crippen molar-refractivity contribution >= 4 is 11.6 Å². The molecule has 5 fully saturated rings. The van der Waals surface area contributed by atoms with Gasteiger partial charge in [-0.2, -0.15) is 0 Å². The van der Waals surface area contributed by atoms with Crippen molar-refractivity contribution in [3.8, 4) is 17.2 Å². The number of hydrogen-bond donors (Lipinski definition) is 0. The van der Waals surface area contributed by atoms with Crippen molar-refractivity contribution in [2.24, 2.45) is 16.8 Å². The van der Waals surface area contributed by atoms with Gasteiger partial charge in [0.1, 0.15) is 18.0 Å². The normalized spacial score (nSPS) is 42.1. The summed E-state index contributed by atoms with van der Waals surface area (Å²) >= 11 is 0. The number of hydroxylamine groups is 3. The predicted octanol–water partition coefficient (Wildman–Crippen LogP) is 2.41. The van der Waals surface area contributed by atoms with Crippen molar-refractivity contribution in [1.29, 1.82) is 0 Å². The number of methoxy groups -OCH3 is 2. The maximum atomic E-state index is 14.5. The minimum Gasteiger partial charge on any atom is -0.632 e. The first-order valence-electron chi connectivity index (χ1n) is 10.6. The van der Waals surface area contributed by atoms with E-state index in [9.17, 15) is 5.21 Å². The zero-order valence-corrected chi connectivity index (χ0v) is 17.1. The first kappa shape index (κ1) is 17.4. The van der Waals surface area contributed by atoms with Crippen LogP contribution in [0, 0.1) is 17.0 Å². The summed E-state index contributed by atoms with van der Waals surface area (Å²) in [5, 5.41) is 14.5. The molecule has 7 heterocycles. The van der Waals surface area contributed by atoms with Crippen molar-refractivity contribution in [1.82, 2.24) is 0 Å². The van der Waals surface area contributed by atoms with Crippen LogP contribution in [0.15, 0.2) is 22.7 Å². The lowest BCUT2D eigenvalue weighted by atomic mass is 9.67. The Kier molecular flexibility index (Phi) is 3.18. The zero-order valence-electron chi connectivity index (χ0n) is 17.1. The summed E-state index contributed by atoms with van der Waals surface area (Å²) < 4.78 is 28.6. The molecule has 0 saturated carbocycles. The highest BCUT2D eigenvalue weighted by Crippen LogP contribution is 2.68. The zero-order chi connectivity index (χ0) is 20.3. The minimum atomic E-state index is -0.551. The van der Waals surface area contributed by atoms with Crippen LogP contribution in [0.2, 0.25) is 0 Å². The van der Waals surface area contributed by atoms with Crippen LogP contribution in [0.1, 0.15) is 18.4 Å². The molecule has 7 aliphatic rings. The number of nitrogens with zero attached hydrogens (tertiary/aromatic N) is 2. The summed E-state index contributed by atoms with van der Waals surface area (Å²) in [6.45, 7) is 1.79. The number of hydrogen-bond acceptors (Lipinski definition) is 7. The number of ether oxygens (including phenoxy) is 5. The van der Waals surface area contributed by atoms with E-state index in [4.69, 9.17) is 28.7 Å². The Bertz CT molecular complexity index is 1040. The molecule has 8 rings (SSSR count). The molecule has 1 unspecified atom stereocenters. The highest BCUT2D eigenvalue weighted by molar-refractivity contribution is 6.00. The van der Waals surface area contributed by atoms with Crippen molar-refractivity contribution in [3.05, 3.63) is 28.5 Å². The Balaban J connectivity index is 1.44. The van der Waals surface area contributed by atoms with Crippen LogP contribution < -0.4 is 14.2 Å². The third-order valence-corrected chi connectivity index (χ3v) is 8.36. The van der Waals surface area contributed by atoms with E-state index < -0.39 is 5.41 Å². The SMILES string of the molecule is COC/C=C1\C[N+]2([O-])[C@H]3C[C@@]45C(=Nc6cc7c(c(OC)c64)OCO7)OC[C@H]3[C@H]1C[C@@H]52. The van der Waals surface area contributed by atoms with Crippen LogP contribution in [0.5, 0.6) is 17.2 Å². The predicted molar refractivity (Wildman–Crippen MR) is 106 cm³/mol. The summed E-state index contributed by atoms with van der Waals surface area (Å²) in [6.07, 6.45) is 3.71. The molecule has 5 saturated heterocycles. The van der Waals surface area contributed by atoms with E-state index in [1.165, 1.54) is 5.57 Å². The van der Waals surface area contributed by atoms with Crippen LogP contribution in [0.25, 0.3) is 0 Å². The average Bonchev–Trinajstić information content (AvgIpc) is 3.31. The summed E-state index contributed by atoms with van der Waals surface area (Å²) in [5.74, 6) is 3.17. The first-order valence-corrected chi connectivity index (χ1v) is 10.6. The van der Waals surface area contributed by atoms with E-state index >= 15 is 0 Å². The van der Waals surface area contributed by atoms with Crippen molar-refractivity contribution in [3.63, 3.8) is 0 Å². The van der Waals surface area contributed by atoms with Gasteiger partial charge >= 0.3 is 0 Å². The third kappa shape index (κ3) is 1.75. The lowest BCUT2D eigenvalue weighted by Crippen LogP contribution is -2.70. The third-order valence-electron chi connectivity index (χ3n) is 8.36. The van der Waals surface area contributed by atoms with Gasteiger partial charge in [-0.3, -0.25) is 0 Å². The Morgan fingerprint density at radius 3 is 3.07 bits per heavy atom. The summed E-state index contributed by atoms with van der Waals surface area (Å²) in [6, 6.07) is 1.80. The van der Waals surface area contributed by atoms with Crippen LogP contribution >= 0.6 is 0 Å². The Morgan fingerprint density at radius 2 is 2.23 bits per heavy atom. The Labute approximate surface area is 174 Å². The molecule has 1 aromatic carbocycles. The van der Waals surface area contributed by atoms with Crippen LogP contribution in [-0.4, -0.2) is 63.4 Å². The molecule has 0 N–H and O–H groups in total. The summed E-state index contributed by atoms with van der Waals surface area (Å²) in [4.78, 5) is 4.89. The molecule has 5 bridgehead atoms. The standard InChI is InChI=1S/C22H24N2O6/c1-26-4-3-11-8-24(25)15-7-22-17(24)5-12(11)13(15)9-28-21(22)23-14-6-16-19(30-10-29-16)20(27-2)18(14)22/h3,6,12-13,15,17H,4-5,7-10H2,1-2H3/b11-3+/t12-,13-,15-,17-,22-,24?/m0/s1. The molecule has 6 atom stereocenters. The topological polar surface area (TPSA) is 81.6 Å². The number of quaternary nitrogens is 1. The molecule has 7 aliphatic heterocycles. The number of benzene rings is 1. The second kappa shape index (κ2) is 5.49. The molecule has 30 heavy (non-hydrogen) atoms. The molecular weight excluding hydrogens is 388 g/mol. The second-order valence-electron chi connectivity index (χ2n) is 9.28. The van der Waals surface area contributed by atoms with Gasteiger partial charge in [0.05, 0.1) is 38.0 Å². The Morgan fingerprint density at radius 1 is 1.33 bits per heavy atom. The highest BCUT2D eigenvalue weighted by atomic mass is 16.7. The van der Waals surface area contributed by atoms with Gasteiger partial charge < -0.3 is 33.5 Å². The maximum absolute atomic E-state index is 14.5. The fourth-order valence-corrected chi connectivity index (χ4v) is 7.32. The molecule has 8 heteroatoms. The fourth-order valence-electron chi connectivity index (χ4n) is 7.32. The fraction of sp³-hybridized carbons (Fsp3) is 0.591. The average molecular weight is 412 g/mol. The van der Waals surface area contributed by atoms with Gasteiger partial charge in [0.15, 0.2) is 11.5 Å². The maximum Gasteiger partial charge on any atom is 0.231 e. The summed E-state index contributed by atoms with van der Waals surface area (Å²) in [5.41, 5.74) is 2.43. The number of fused-ring (bicyclic) bond motifs is 3. The Hall–Kier alpha value is -2.29. The first-order chi connectivity index (χ1) is 14.6. The van der Waals surface area contributed by atoms with Crippen molar-refractivity contribution in [2.75, 3.05) is 40.8 Å². The van der Waals surface area contributed by atoms with Gasteiger partial charge in [-0.1, -0.05) is 6.08 Å². The smallest absolute Gasteiger partial charge is 0.231 e. The van der Waals surface area contributed by atoms with Gasteiger partial charge in [0, 0.05) is 37.5 Å². The molecule has 1 aromatic rings. The van der Waals surface area contributed by atoms with E-state index in [-0.39, 0.29) is 29.4 Å². The van der Waals surface area contributed by atoms with Crippen LogP contribution in [0.4, 0.5) is 5.69 Å². The van der Waals surface area contributed by atoms with E-state index in [1.807, 2.05) is 6.07 Å². The van der Waals surface area contributed by atoms with E-state index in [0.717, 1.165) is 24.1 Å². The lowest BCUT2D eigenvalue weighted by molar-refractivity contribution is -0.932. The van der Waals surface area contributed by atoms with Gasteiger partial charge in [0.25, 0.3) is 0 Å². The molecule has 0 amide bonds. The van der Waals surface area contributed by atoms with Gasteiger partial charge in [-0.05, 0) is 5.57 Å². The molecule has 1 spiro atoms. The number of aliphatic imine (C=N–C) groups is 1. The summed E-state index contributed by atoms with van der Waals surface area (Å²) in [7, 11) is 3.34. The van der Waals surface area contributed by atoms with Crippen LogP contribution in [0.3, 0.4) is 0 Å². The molecule has 0 aromatic heterocycles. The molecular formula is C22H24N2O6. The van der Waals surface area contributed by atoms with Gasteiger partial charge in [-0.15, -0.1) is 0 Å². The van der Waals surface area contributed by atoms with Crippen molar-refractivity contribution < 1.29 is 28.3 Å². The van der Waals surface area contributed by atoms with E-state index in [1.54, 1.807) is 14.2 Å². The number of rotatable bonds is 3. The monoisotopic (exact) mass is 412 g/mol. The molecule has 158 valence electrons. The van der Waals surface area contributed by atoms with Crippen LogP contribution in [-0.2, 0) is 14.9 Å². The minimum absolute atomic E-state index is 0.0159.